The van der Waals surface area contributed by atoms with Crippen LogP contribution in [0.25, 0.3) is 0 Å². The highest BCUT2D eigenvalue weighted by molar-refractivity contribution is 6.00. The van der Waals surface area contributed by atoms with Gasteiger partial charge in [-0.1, -0.05) is 6.07 Å². The van der Waals surface area contributed by atoms with Crippen LogP contribution in [0.3, 0.4) is 0 Å². The molecule has 1 unspecified atom stereocenters. The molecule has 1 aromatic rings. The zero-order valence-corrected chi connectivity index (χ0v) is 11.7. The standard InChI is InChI=1S/C14H18N2O4/c1-4-16(3)13(18)11-7-5-6-10(8-11)12(17)15-9(2)14(19)20/h5-9H,4H2,1-3H3,(H,15,17)(H,19,20). The number of carboxylic acids is 1. The molecule has 0 radical (unpaired) electrons. The molecule has 0 saturated carbocycles. The molecule has 1 atom stereocenters. The average Bonchev–Trinajstić information content (AvgIpc) is 2.45. The van der Waals surface area contributed by atoms with Gasteiger partial charge in [-0.15, -0.1) is 0 Å². The van der Waals surface area contributed by atoms with Crippen LogP contribution < -0.4 is 5.32 Å². The van der Waals surface area contributed by atoms with E-state index in [9.17, 15) is 14.4 Å². The quantitative estimate of drug-likeness (QED) is 0.840. The zero-order valence-electron chi connectivity index (χ0n) is 11.7. The molecule has 20 heavy (non-hydrogen) atoms. The van der Waals surface area contributed by atoms with Gasteiger partial charge in [0.25, 0.3) is 11.8 Å². The fraction of sp³-hybridized carbons (Fsp3) is 0.357. The fourth-order valence-corrected chi connectivity index (χ4v) is 1.50. The normalized spacial score (nSPS) is 11.6. The molecule has 0 aliphatic carbocycles. The number of nitrogens with one attached hydrogen (secondary N) is 1. The van der Waals surface area contributed by atoms with E-state index < -0.39 is 17.9 Å². The molecule has 0 fully saturated rings. The van der Waals surface area contributed by atoms with Crippen LogP contribution in [0.5, 0.6) is 0 Å². The molecule has 2 N–H and O–H groups in total. The lowest BCUT2D eigenvalue weighted by atomic mass is 10.1. The minimum absolute atomic E-state index is 0.187. The summed E-state index contributed by atoms with van der Waals surface area (Å²) in [5, 5.41) is 11.1. The van der Waals surface area contributed by atoms with Crippen molar-refractivity contribution >= 4 is 17.8 Å². The van der Waals surface area contributed by atoms with E-state index in [-0.39, 0.29) is 11.5 Å². The average molecular weight is 278 g/mol. The number of carboxylic acid groups (broad SMARTS) is 1. The third kappa shape index (κ3) is 3.81. The highest BCUT2D eigenvalue weighted by atomic mass is 16.4. The maximum atomic E-state index is 12.0. The van der Waals surface area contributed by atoms with E-state index in [1.54, 1.807) is 19.2 Å². The van der Waals surface area contributed by atoms with Gasteiger partial charge in [0.15, 0.2) is 0 Å². The van der Waals surface area contributed by atoms with Crippen LogP contribution in [-0.2, 0) is 4.79 Å². The molecule has 2 amide bonds. The van der Waals surface area contributed by atoms with Crippen LogP contribution in [0.15, 0.2) is 24.3 Å². The Kier molecular flexibility index (Phi) is 5.25. The summed E-state index contributed by atoms with van der Waals surface area (Å²) in [5.74, 6) is -1.82. The number of benzene rings is 1. The largest absolute Gasteiger partial charge is 0.480 e. The number of carbonyl (C=O) groups is 3. The number of hydrogen-bond acceptors (Lipinski definition) is 3. The van der Waals surface area contributed by atoms with Gasteiger partial charge in [-0.2, -0.15) is 0 Å². The predicted octanol–water partition coefficient (Wildman–Crippen LogP) is 0.981. The number of aliphatic carboxylic acids is 1. The zero-order chi connectivity index (χ0) is 15.3. The topological polar surface area (TPSA) is 86.7 Å². The Morgan fingerprint density at radius 3 is 2.45 bits per heavy atom. The Hall–Kier alpha value is -2.37. The molecule has 0 aliphatic heterocycles. The first kappa shape index (κ1) is 15.7. The molecular formula is C14H18N2O4. The highest BCUT2D eigenvalue weighted by Crippen LogP contribution is 2.08. The van der Waals surface area contributed by atoms with E-state index in [0.717, 1.165) is 0 Å². The van der Waals surface area contributed by atoms with Crippen molar-refractivity contribution in [2.24, 2.45) is 0 Å². The molecule has 0 heterocycles. The summed E-state index contributed by atoms with van der Waals surface area (Å²) in [4.78, 5) is 36.1. The first-order valence-corrected chi connectivity index (χ1v) is 6.26. The predicted molar refractivity (Wildman–Crippen MR) is 73.6 cm³/mol. The minimum atomic E-state index is -1.11. The Bertz CT molecular complexity index is 528. The van der Waals surface area contributed by atoms with Gasteiger partial charge in [0.05, 0.1) is 0 Å². The van der Waals surface area contributed by atoms with Crippen molar-refractivity contribution in [1.82, 2.24) is 10.2 Å². The van der Waals surface area contributed by atoms with Gasteiger partial charge in [-0.25, -0.2) is 0 Å². The van der Waals surface area contributed by atoms with Gasteiger partial charge < -0.3 is 15.3 Å². The van der Waals surface area contributed by atoms with Crippen LogP contribution in [0, 0.1) is 0 Å². The van der Waals surface area contributed by atoms with Crippen molar-refractivity contribution in [2.75, 3.05) is 13.6 Å². The molecule has 1 rings (SSSR count). The molecule has 0 aromatic heterocycles. The van der Waals surface area contributed by atoms with E-state index in [1.807, 2.05) is 6.92 Å². The third-order valence-electron chi connectivity index (χ3n) is 2.91. The van der Waals surface area contributed by atoms with Gasteiger partial charge in [0, 0.05) is 24.7 Å². The summed E-state index contributed by atoms with van der Waals surface area (Å²) in [6, 6.07) is 5.22. The lowest BCUT2D eigenvalue weighted by Gasteiger charge is -2.15. The van der Waals surface area contributed by atoms with Crippen LogP contribution in [0.1, 0.15) is 34.6 Å². The van der Waals surface area contributed by atoms with Crippen molar-refractivity contribution < 1.29 is 19.5 Å². The molecule has 0 aliphatic rings. The maximum Gasteiger partial charge on any atom is 0.325 e. The van der Waals surface area contributed by atoms with Crippen LogP contribution >= 0.6 is 0 Å². The van der Waals surface area contributed by atoms with E-state index >= 15 is 0 Å². The molecule has 0 saturated heterocycles. The van der Waals surface area contributed by atoms with E-state index in [0.29, 0.717) is 12.1 Å². The number of rotatable bonds is 5. The van der Waals surface area contributed by atoms with E-state index in [4.69, 9.17) is 5.11 Å². The van der Waals surface area contributed by atoms with Gasteiger partial charge in [-0.3, -0.25) is 14.4 Å². The first-order valence-electron chi connectivity index (χ1n) is 6.26. The summed E-state index contributed by atoms with van der Waals surface area (Å²) in [7, 11) is 1.67. The molecule has 108 valence electrons. The first-order chi connectivity index (χ1) is 9.36. The van der Waals surface area contributed by atoms with E-state index in [1.165, 1.54) is 24.0 Å². The molecule has 0 bridgehead atoms. The van der Waals surface area contributed by atoms with Crippen molar-refractivity contribution in [3.63, 3.8) is 0 Å². The lowest BCUT2D eigenvalue weighted by molar-refractivity contribution is -0.138. The summed E-state index contributed by atoms with van der Waals surface area (Å²) in [6.45, 7) is 3.79. The third-order valence-corrected chi connectivity index (χ3v) is 2.91. The number of nitrogens with zero attached hydrogens (tertiary/aromatic N) is 1. The highest BCUT2D eigenvalue weighted by Gasteiger charge is 2.17. The summed E-state index contributed by atoms with van der Waals surface area (Å²) < 4.78 is 0. The summed E-state index contributed by atoms with van der Waals surface area (Å²) >= 11 is 0. The maximum absolute atomic E-state index is 12.0. The second kappa shape index (κ2) is 6.70. The van der Waals surface area contributed by atoms with Crippen LogP contribution in [-0.4, -0.2) is 47.4 Å². The molecule has 6 heteroatoms. The minimum Gasteiger partial charge on any atom is -0.480 e. The molecule has 1 aromatic carbocycles. The Morgan fingerprint density at radius 1 is 1.30 bits per heavy atom. The fourth-order valence-electron chi connectivity index (χ4n) is 1.50. The summed E-state index contributed by atoms with van der Waals surface area (Å²) in [5.41, 5.74) is 0.651. The van der Waals surface area contributed by atoms with Crippen LogP contribution in [0.4, 0.5) is 0 Å². The smallest absolute Gasteiger partial charge is 0.325 e. The Morgan fingerprint density at radius 2 is 1.90 bits per heavy atom. The van der Waals surface area contributed by atoms with Crippen molar-refractivity contribution in [1.29, 1.82) is 0 Å². The Labute approximate surface area is 117 Å². The lowest BCUT2D eigenvalue weighted by Crippen LogP contribution is -2.38. The van der Waals surface area contributed by atoms with Gasteiger partial charge >= 0.3 is 5.97 Å². The van der Waals surface area contributed by atoms with Gasteiger partial charge in [0.1, 0.15) is 6.04 Å². The number of amides is 2. The molecule has 0 spiro atoms. The Balaban J connectivity index is 2.90. The van der Waals surface area contributed by atoms with Gasteiger partial charge in [-0.05, 0) is 32.0 Å². The number of carbonyl (C=O) groups excluding carboxylic acids is 2. The second-order valence-corrected chi connectivity index (χ2v) is 4.43. The van der Waals surface area contributed by atoms with E-state index in [2.05, 4.69) is 5.32 Å². The second-order valence-electron chi connectivity index (χ2n) is 4.43. The monoisotopic (exact) mass is 278 g/mol. The SMILES string of the molecule is CCN(C)C(=O)c1cccc(C(=O)NC(C)C(=O)O)c1. The van der Waals surface area contributed by atoms with Crippen LogP contribution in [0.2, 0.25) is 0 Å². The van der Waals surface area contributed by atoms with Crippen molar-refractivity contribution in [3.8, 4) is 0 Å². The van der Waals surface area contributed by atoms with Crippen molar-refractivity contribution in [2.45, 2.75) is 19.9 Å². The number of hydrogen-bond donors (Lipinski definition) is 2. The molecule has 6 nitrogen and oxygen atoms in total. The summed E-state index contributed by atoms with van der Waals surface area (Å²) in [6.07, 6.45) is 0. The van der Waals surface area contributed by atoms with Gasteiger partial charge in [0.2, 0.25) is 0 Å². The van der Waals surface area contributed by atoms with Crippen molar-refractivity contribution in [3.05, 3.63) is 35.4 Å². The molecular weight excluding hydrogens is 260 g/mol.